The topological polar surface area (TPSA) is 35.5 Å². The van der Waals surface area contributed by atoms with Gasteiger partial charge in [-0.25, -0.2) is 5.48 Å². The van der Waals surface area contributed by atoms with Gasteiger partial charge in [-0.3, -0.25) is 0 Å². The molecule has 0 bridgehead atoms. The molecule has 0 aromatic heterocycles. The third-order valence-electron chi connectivity index (χ3n) is 4.28. The Bertz CT molecular complexity index is 219. The van der Waals surface area contributed by atoms with Crippen molar-refractivity contribution in [3.63, 3.8) is 0 Å². The highest BCUT2D eigenvalue weighted by Crippen LogP contribution is 2.50. The predicted octanol–water partition coefficient (Wildman–Crippen LogP) is 1.19. The number of rotatable bonds is 2. The van der Waals surface area contributed by atoms with Crippen LogP contribution in [0.2, 0.25) is 0 Å². The first-order valence-corrected chi connectivity index (χ1v) is 5.67. The number of hydroxylamine groups is 1. The molecule has 1 aliphatic heterocycles. The molecular formula is C11H22N2O. The van der Waals surface area contributed by atoms with Gasteiger partial charge < -0.3 is 10.1 Å². The molecule has 1 saturated heterocycles. The second kappa shape index (κ2) is 3.47. The molecule has 2 N–H and O–H groups in total. The number of hydrogen-bond acceptors (Lipinski definition) is 3. The molecule has 0 aromatic carbocycles. The maximum absolute atomic E-state index is 9.18. The van der Waals surface area contributed by atoms with Crippen LogP contribution in [0.5, 0.6) is 0 Å². The van der Waals surface area contributed by atoms with Gasteiger partial charge in [0.25, 0.3) is 0 Å². The molecule has 82 valence electrons. The van der Waals surface area contributed by atoms with Crippen molar-refractivity contribution in [2.75, 3.05) is 13.6 Å². The molecule has 2 aliphatic rings. The summed E-state index contributed by atoms with van der Waals surface area (Å²) in [6.07, 6.45) is 0. The Morgan fingerprint density at radius 2 is 2.07 bits per heavy atom. The number of nitrogens with one attached hydrogen (secondary N) is 1. The molecule has 0 aromatic rings. The van der Waals surface area contributed by atoms with Crippen LogP contribution in [-0.4, -0.2) is 35.8 Å². The second-order valence-corrected chi connectivity index (χ2v) is 5.46. The highest BCUT2D eigenvalue weighted by Gasteiger charge is 2.58. The van der Waals surface area contributed by atoms with Gasteiger partial charge in [-0.15, -0.1) is 0 Å². The summed E-state index contributed by atoms with van der Waals surface area (Å²) < 4.78 is 0. The van der Waals surface area contributed by atoms with Gasteiger partial charge >= 0.3 is 0 Å². The highest BCUT2D eigenvalue weighted by atomic mass is 16.5. The minimum atomic E-state index is 0.287. The lowest BCUT2D eigenvalue weighted by atomic mass is 9.58. The van der Waals surface area contributed by atoms with Crippen LogP contribution in [0.25, 0.3) is 0 Å². The van der Waals surface area contributed by atoms with Crippen LogP contribution in [0, 0.1) is 23.7 Å². The standard InChI is InChI=1S/C11H22N2O/c1-6(2)8-9-7(3)5-13(4)11(9)10(8)12-14/h6-12,14H,5H2,1-4H3. The summed E-state index contributed by atoms with van der Waals surface area (Å²) in [5.41, 5.74) is 2.51. The lowest BCUT2D eigenvalue weighted by Crippen LogP contribution is -2.65. The van der Waals surface area contributed by atoms with E-state index in [-0.39, 0.29) is 6.04 Å². The Morgan fingerprint density at radius 1 is 1.43 bits per heavy atom. The zero-order valence-corrected chi connectivity index (χ0v) is 9.57. The summed E-state index contributed by atoms with van der Waals surface area (Å²) in [4.78, 5) is 2.39. The fourth-order valence-electron chi connectivity index (χ4n) is 3.79. The van der Waals surface area contributed by atoms with E-state index in [0.717, 1.165) is 11.8 Å². The van der Waals surface area contributed by atoms with Gasteiger partial charge in [0.05, 0.1) is 6.04 Å². The van der Waals surface area contributed by atoms with E-state index in [1.54, 1.807) is 0 Å². The highest BCUT2D eigenvalue weighted by molar-refractivity contribution is 5.11. The number of hydrogen-bond donors (Lipinski definition) is 2. The molecule has 0 amide bonds. The van der Waals surface area contributed by atoms with Crippen molar-refractivity contribution in [2.24, 2.45) is 23.7 Å². The van der Waals surface area contributed by atoms with Crippen molar-refractivity contribution < 1.29 is 5.21 Å². The first kappa shape index (κ1) is 10.4. The number of likely N-dealkylation sites (N-methyl/N-ethyl adjacent to an activating group) is 1. The fraction of sp³-hybridized carbons (Fsp3) is 1.00. The number of likely N-dealkylation sites (tertiary alicyclic amines) is 1. The average molecular weight is 198 g/mol. The van der Waals surface area contributed by atoms with Gasteiger partial charge in [0, 0.05) is 12.6 Å². The largest absolute Gasteiger partial charge is 0.316 e. The van der Waals surface area contributed by atoms with Crippen molar-refractivity contribution in [1.82, 2.24) is 10.4 Å². The third kappa shape index (κ3) is 1.23. The first-order valence-electron chi connectivity index (χ1n) is 5.67. The van der Waals surface area contributed by atoms with E-state index in [2.05, 4.69) is 38.2 Å². The SMILES string of the molecule is CC(C)C1C(NO)C2C1C(C)CN2C. The maximum atomic E-state index is 9.18. The molecule has 3 nitrogen and oxygen atoms in total. The summed E-state index contributed by atoms with van der Waals surface area (Å²) in [6.45, 7) is 8.04. The van der Waals surface area contributed by atoms with E-state index in [1.807, 2.05) is 0 Å². The van der Waals surface area contributed by atoms with Crippen LogP contribution >= 0.6 is 0 Å². The molecule has 14 heavy (non-hydrogen) atoms. The van der Waals surface area contributed by atoms with E-state index in [0.29, 0.717) is 17.9 Å². The van der Waals surface area contributed by atoms with E-state index < -0.39 is 0 Å². The van der Waals surface area contributed by atoms with Crippen molar-refractivity contribution in [1.29, 1.82) is 0 Å². The molecule has 5 unspecified atom stereocenters. The summed E-state index contributed by atoms with van der Waals surface area (Å²) in [6, 6.07) is 0.845. The van der Waals surface area contributed by atoms with E-state index >= 15 is 0 Å². The predicted molar refractivity (Wildman–Crippen MR) is 56.1 cm³/mol. The molecular weight excluding hydrogens is 176 g/mol. The minimum Gasteiger partial charge on any atom is -0.316 e. The van der Waals surface area contributed by atoms with Gasteiger partial charge in [-0.05, 0) is 30.7 Å². The van der Waals surface area contributed by atoms with Gasteiger partial charge in [0.1, 0.15) is 0 Å². The number of fused-ring (bicyclic) bond motifs is 1. The molecule has 0 spiro atoms. The molecule has 5 atom stereocenters. The third-order valence-corrected chi connectivity index (χ3v) is 4.28. The van der Waals surface area contributed by atoms with Crippen LogP contribution in [0.4, 0.5) is 0 Å². The van der Waals surface area contributed by atoms with Gasteiger partial charge in [-0.2, -0.15) is 0 Å². The summed E-state index contributed by atoms with van der Waals surface area (Å²) in [5, 5.41) is 9.18. The summed E-state index contributed by atoms with van der Waals surface area (Å²) in [5.74, 6) is 2.87. The lowest BCUT2D eigenvalue weighted by molar-refractivity contribution is -0.0699. The van der Waals surface area contributed by atoms with Crippen LogP contribution < -0.4 is 5.48 Å². The Balaban J connectivity index is 2.14. The Kier molecular flexibility index (Phi) is 2.58. The smallest absolute Gasteiger partial charge is 0.0511 e. The van der Waals surface area contributed by atoms with Gasteiger partial charge in [-0.1, -0.05) is 20.8 Å². The van der Waals surface area contributed by atoms with Crippen LogP contribution in [-0.2, 0) is 0 Å². The molecule has 1 saturated carbocycles. The van der Waals surface area contributed by atoms with Gasteiger partial charge in [0.2, 0.25) is 0 Å². The molecule has 3 heteroatoms. The zero-order chi connectivity index (χ0) is 10.5. The van der Waals surface area contributed by atoms with Crippen LogP contribution in [0.3, 0.4) is 0 Å². The molecule has 1 aliphatic carbocycles. The Labute approximate surface area is 86.4 Å². The number of nitrogens with zero attached hydrogens (tertiary/aromatic N) is 1. The monoisotopic (exact) mass is 198 g/mol. The summed E-state index contributed by atoms with van der Waals surface area (Å²) >= 11 is 0. The van der Waals surface area contributed by atoms with E-state index in [4.69, 9.17) is 0 Å². The minimum absolute atomic E-state index is 0.287. The summed E-state index contributed by atoms with van der Waals surface area (Å²) in [7, 11) is 2.17. The molecule has 2 rings (SSSR count). The molecule has 0 radical (unpaired) electrons. The van der Waals surface area contributed by atoms with Gasteiger partial charge in [0.15, 0.2) is 0 Å². The zero-order valence-electron chi connectivity index (χ0n) is 9.57. The van der Waals surface area contributed by atoms with Crippen molar-refractivity contribution in [3.05, 3.63) is 0 Å². The van der Waals surface area contributed by atoms with Crippen molar-refractivity contribution >= 4 is 0 Å². The Morgan fingerprint density at radius 3 is 2.57 bits per heavy atom. The van der Waals surface area contributed by atoms with E-state index in [9.17, 15) is 5.21 Å². The lowest BCUT2D eigenvalue weighted by Gasteiger charge is -2.53. The molecule has 2 fully saturated rings. The van der Waals surface area contributed by atoms with Crippen LogP contribution in [0.1, 0.15) is 20.8 Å². The Hall–Kier alpha value is -0.120. The van der Waals surface area contributed by atoms with E-state index in [1.165, 1.54) is 6.54 Å². The average Bonchev–Trinajstić information content (AvgIpc) is 2.22. The second-order valence-electron chi connectivity index (χ2n) is 5.46. The normalized spacial score (nSPS) is 48.0. The first-order chi connectivity index (χ1) is 6.57. The quantitative estimate of drug-likeness (QED) is 0.654. The van der Waals surface area contributed by atoms with Crippen LogP contribution in [0.15, 0.2) is 0 Å². The van der Waals surface area contributed by atoms with Crippen molar-refractivity contribution in [2.45, 2.75) is 32.9 Å². The molecule has 1 heterocycles. The van der Waals surface area contributed by atoms with Crippen molar-refractivity contribution in [3.8, 4) is 0 Å². The fourth-order valence-corrected chi connectivity index (χ4v) is 3.79. The maximum Gasteiger partial charge on any atom is 0.0511 e.